The van der Waals surface area contributed by atoms with Crippen LogP contribution in [0.1, 0.15) is 5.56 Å². The molecule has 2 aromatic carbocycles. The van der Waals surface area contributed by atoms with Crippen LogP contribution in [0.5, 0.6) is 5.75 Å². The van der Waals surface area contributed by atoms with E-state index >= 15 is 0 Å². The molecule has 6 nitrogen and oxygen atoms in total. The molecule has 4 rings (SSSR count). The zero-order valence-electron chi connectivity index (χ0n) is 15.6. The van der Waals surface area contributed by atoms with E-state index in [9.17, 15) is 0 Å². The minimum atomic E-state index is 0.577. The highest BCUT2D eigenvalue weighted by Crippen LogP contribution is 2.24. The molecule has 0 saturated heterocycles. The number of ether oxygens (including phenoxy) is 1. The lowest BCUT2D eigenvalue weighted by Crippen LogP contribution is -2.09. The number of fused-ring (bicyclic) bond motifs is 1. The van der Waals surface area contributed by atoms with Crippen molar-refractivity contribution in [2.24, 2.45) is 0 Å². The zero-order chi connectivity index (χ0) is 19.2. The van der Waals surface area contributed by atoms with Crippen LogP contribution in [-0.2, 0) is 6.42 Å². The average Bonchev–Trinajstić information content (AvgIpc) is 2.75. The predicted molar refractivity (Wildman–Crippen MR) is 112 cm³/mol. The molecule has 0 bridgehead atoms. The van der Waals surface area contributed by atoms with Crippen molar-refractivity contribution in [3.8, 4) is 5.75 Å². The number of benzene rings is 2. The van der Waals surface area contributed by atoms with Crippen LogP contribution in [0.3, 0.4) is 0 Å². The fraction of sp³-hybridized carbons (Fsp3) is 0.136. The Kier molecular flexibility index (Phi) is 5.29. The summed E-state index contributed by atoms with van der Waals surface area (Å²) in [6, 6.07) is 19.9. The van der Waals surface area contributed by atoms with E-state index in [-0.39, 0.29) is 0 Å². The number of hydrogen-bond donors (Lipinski definition) is 2. The third-order valence-corrected chi connectivity index (χ3v) is 4.42. The average molecular weight is 371 g/mol. The van der Waals surface area contributed by atoms with Gasteiger partial charge in [-0.15, -0.1) is 0 Å². The molecule has 6 heteroatoms. The number of nitrogens with one attached hydrogen (secondary N) is 2. The molecule has 0 aliphatic rings. The third-order valence-electron chi connectivity index (χ3n) is 4.42. The van der Waals surface area contributed by atoms with E-state index in [0.29, 0.717) is 18.3 Å². The summed E-state index contributed by atoms with van der Waals surface area (Å²) < 4.78 is 5.39. The van der Waals surface area contributed by atoms with Gasteiger partial charge in [-0.3, -0.25) is 4.98 Å². The Balaban J connectivity index is 1.44. The SMILES string of the molecule is COc1ccccc1CCNc1nccc(Nc2cccc3cccnc23)n1. The number of hydrogen-bond acceptors (Lipinski definition) is 6. The van der Waals surface area contributed by atoms with E-state index in [4.69, 9.17) is 4.74 Å². The molecular formula is C22H21N5O. The summed E-state index contributed by atoms with van der Waals surface area (Å²) in [7, 11) is 1.69. The standard InChI is InChI=1S/C22H21N5O/c1-28-19-10-3-2-6-16(19)11-14-24-22-25-15-12-20(27-22)26-18-9-4-7-17-8-5-13-23-21(17)18/h2-10,12-13,15H,11,14H2,1H3,(H2,24,25,26,27). The van der Waals surface area contributed by atoms with Gasteiger partial charge in [0.05, 0.1) is 18.3 Å². The molecule has 0 unspecified atom stereocenters. The Labute approximate surface area is 163 Å². The molecule has 0 aliphatic carbocycles. The lowest BCUT2D eigenvalue weighted by atomic mass is 10.1. The molecular weight excluding hydrogens is 350 g/mol. The number of anilines is 3. The van der Waals surface area contributed by atoms with Crippen molar-refractivity contribution in [3.05, 3.63) is 78.6 Å². The smallest absolute Gasteiger partial charge is 0.224 e. The predicted octanol–water partition coefficient (Wildman–Crippen LogP) is 4.43. The molecule has 0 spiro atoms. The second-order valence-electron chi connectivity index (χ2n) is 6.26. The van der Waals surface area contributed by atoms with E-state index in [1.165, 1.54) is 0 Å². The van der Waals surface area contributed by atoms with E-state index < -0.39 is 0 Å². The second kappa shape index (κ2) is 8.35. The van der Waals surface area contributed by atoms with Crippen LogP contribution in [0.2, 0.25) is 0 Å². The van der Waals surface area contributed by atoms with Crippen LogP contribution in [0, 0.1) is 0 Å². The normalized spacial score (nSPS) is 10.6. The number of para-hydroxylation sites is 2. The van der Waals surface area contributed by atoms with Crippen LogP contribution in [0.4, 0.5) is 17.5 Å². The van der Waals surface area contributed by atoms with Crippen LogP contribution in [0.15, 0.2) is 73.1 Å². The lowest BCUT2D eigenvalue weighted by Gasteiger charge is -2.11. The highest BCUT2D eigenvalue weighted by atomic mass is 16.5. The van der Waals surface area contributed by atoms with Gasteiger partial charge in [0, 0.05) is 24.3 Å². The van der Waals surface area contributed by atoms with E-state index in [0.717, 1.165) is 34.3 Å². The summed E-state index contributed by atoms with van der Waals surface area (Å²) in [5.74, 6) is 2.19. The van der Waals surface area contributed by atoms with Crippen LogP contribution in [-0.4, -0.2) is 28.6 Å². The van der Waals surface area contributed by atoms with Gasteiger partial charge >= 0.3 is 0 Å². The Morgan fingerprint density at radius 2 is 1.79 bits per heavy atom. The first kappa shape index (κ1) is 17.7. The summed E-state index contributed by atoms with van der Waals surface area (Å²) in [6.45, 7) is 0.708. The maximum absolute atomic E-state index is 5.39. The molecule has 2 aromatic heterocycles. The van der Waals surface area contributed by atoms with Crippen LogP contribution < -0.4 is 15.4 Å². The molecule has 0 saturated carbocycles. The molecule has 0 atom stereocenters. The van der Waals surface area contributed by atoms with Gasteiger partial charge in [0.25, 0.3) is 0 Å². The van der Waals surface area contributed by atoms with Crippen molar-refractivity contribution in [1.82, 2.24) is 15.0 Å². The summed E-state index contributed by atoms with van der Waals surface area (Å²) in [6.07, 6.45) is 4.34. The number of nitrogens with zero attached hydrogens (tertiary/aromatic N) is 3. The number of methoxy groups -OCH3 is 1. The molecule has 0 fully saturated rings. The maximum atomic E-state index is 5.39. The van der Waals surface area contributed by atoms with Gasteiger partial charge in [0.15, 0.2) is 0 Å². The van der Waals surface area contributed by atoms with E-state index in [1.54, 1.807) is 19.5 Å². The molecule has 2 heterocycles. The molecule has 0 radical (unpaired) electrons. The molecule has 0 aliphatic heterocycles. The van der Waals surface area contributed by atoms with Crippen molar-refractivity contribution in [3.63, 3.8) is 0 Å². The van der Waals surface area contributed by atoms with Gasteiger partial charge in [-0.2, -0.15) is 4.98 Å². The number of pyridine rings is 1. The fourth-order valence-corrected chi connectivity index (χ4v) is 3.08. The molecule has 2 N–H and O–H groups in total. The van der Waals surface area contributed by atoms with E-state index in [2.05, 4.69) is 31.7 Å². The van der Waals surface area contributed by atoms with Crippen molar-refractivity contribution in [2.75, 3.05) is 24.3 Å². The topological polar surface area (TPSA) is 72.0 Å². The number of rotatable bonds is 7. The van der Waals surface area contributed by atoms with Gasteiger partial charge in [-0.25, -0.2) is 4.98 Å². The summed E-state index contributed by atoms with van der Waals surface area (Å²) in [4.78, 5) is 13.3. The summed E-state index contributed by atoms with van der Waals surface area (Å²) in [5.41, 5.74) is 2.97. The van der Waals surface area contributed by atoms with E-state index in [1.807, 2.05) is 54.6 Å². The third kappa shape index (κ3) is 4.01. The zero-order valence-corrected chi connectivity index (χ0v) is 15.6. The highest BCUT2D eigenvalue weighted by molar-refractivity contribution is 5.91. The Morgan fingerprint density at radius 1 is 0.893 bits per heavy atom. The summed E-state index contributed by atoms with van der Waals surface area (Å²) >= 11 is 0. The Hall–Kier alpha value is -3.67. The maximum Gasteiger partial charge on any atom is 0.224 e. The van der Waals surface area contributed by atoms with Crippen molar-refractivity contribution < 1.29 is 4.74 Å². The van der Waals surface area contributed by atoms with Gasteiger partial charge in [-0.1, -0.05) is 36.4 Å². The molecule has 28 heavy (non-hydrogen) atoms. The highest BCUT2D eigenvalue weighted by Gasteiger charge is 2.05. The Morgan fingerprint density at radius 3 is 2.71 bits per heavy atom. The second-order valence-corrected chi connectivity index (χ2v) is 6.26. The molecule has 140 valence electrons. The number of aromatic nitrogens is 3. The monoisotopic (exact) mass is 371 g/mol. The minimum absolute atomic E-state index is 0.577. The lowest BCUT2D eigenvalue weighted by molar-refractivity contribution is 0.410. The van der Waals surface area contributed by atoms with Crippen molar-refractivity contribution >= 4 is 28.4 Å². The largest absolute Gasteiger partial charge is 0.496 e. The van der Waals surface area contributed by atoms with Crippen molar-refractivity contribution in [2.45, 2.75) is 6.42 Å². The van der Waals surface area contributed by atoms with Crippen LogP contribution >= 0.6 is 0 Å². The first-order valence-corrected chi connectivity index (χ1v) is 9.13. The van der Waals surface area contributed by atoms with Gasteiger partial charge in [0.1, 0.15) is 11.6 Å². The Bertz CT molecular complexity index is 1080. The fourth-order valence-electron chi connectivity index (χ4n) is 3.08. The first-order valence-electron chi connectivity index (χ1n) is 9.13. The quantitative estimate of drug-likeness (QED) is 0.501. The van der Waals surface area contributed by atoms with Crippen LogP contribution in [0.25, 0.3) is 10.9 Å². The molecule has 4 aromatic rings. The van der Waals surface area contributed by atoms with Crippen molar-refractivity contribution in [1.29, 1.82) is 0 Å². The summed E-state index contributed by atoms with van der Waals surface area (Å²) in [5, 5.41) is 7.69. The van der Waals surface area contributed by atoms with Gasteiger partial charge in [0.2, 0.25) is 5.95 Å². The molecule has 0 amide bonds. The first-order chi connectivity index (χ1) is 13.8. The minimum Gasteiger partial charge on any atom is -0.496 e. The van der Waals surface area contributed by atoms with Gasteiger partial charge in [-0.05, 0) is 36.2 Å². The van der Waals surface area contributed by atoms with Gasteiger partial charge < -0.3 is 15.4 Å².